The van der Waals surface area contributed by atoms with Crippen LogP contribution in [0.5, 0.6) is 5.75 Å². The van der Waals surface area contributed by atoms with Crippen molar-refractivity contribution >= 4 is 22.8 Å². The number of carbonyl (C=O) groups excluding carboxylic acids is 1. The van der Waals surface area contributed by atoms with E-state index < -0.39 is 0 Å². The minimum Gasteiger partial charge on any atom is -0.494 e. The molecule has 3 heterocycles. The quantitative estimate of drug-likeness (QED) is 0.585. The number of likely N-dealkylation sites (N-methyl/N-ethyl adjacent to an activating group) is 1. The number of aromatic nitrogens is 3. The van der Waals surface area contributed by atoms with E-state index in [9.17, 15) is 4.79 Å². The van der Waals surface area contributed by atoms with Crippen LogP contribution in [0.15, 0.2) is 42.6 Å². The van der Waals surface area contributed by atoms with Crippen LogP contribution in [0.2, 0.25) is 0 Å². The highest BCUT2D eigenvalue weighted by Gasteiger charge is 2.34. The molecule has 1 amide bonds. The number of hydrogen-bond donors (Lipinski definition) is 0. The third-order valence-electron chi connectivity index (χ3n) is 5.76. The Bertz CT molecular complexity index is 1060. The van der Waals surface area contributed by atoms with Crippen LogP contribution in [-0.2, 0) is 11.2 Å². The fraction of sp³-hybridized carbons (Fsp3) is 0.417. The molecule has 2 aromatic heterocycles. The lowest BCUT2D eigenvalue weighted by Crippen LogP contribution is -2.45. The van der Waals surface area contributed by atoms with Crippen LogP contribution in [0.1, 0.15) is 31.2 Å². The Morgan fingerprint density at radius 1 is 1.26 bits per heavy atom. The Hall–Kier alpha value is -3.22. The second-order valence-electron chi connectivity index (χ2n) is 7.90. The second-order valence-corrected chi connectivity index (χ2v) is 7.90. The molecule has 1 atom stereocenters. The number of benzene rings is 1. The van der Waals surface area contributed by atoms with Gasteiger partial charge in [-0.05, 0) is 57.0 Å². The summed E-state index contributed by atoms with van der Waals surface area (Å²) in [6.07, 6.45) is 4.29. The minimum absolute atomic E-state index is 0.112. The Morgan fingerprint density at radius 2 is 2.13 bits per heavy atom. The lowest BCUT2D eigenvalue weighted by Gasteiger charge is -2.28. The molecule has 1 aliphatic rings. The molecule has 1 saturated heterocycles. The number of carbonyl (C=O) groups is 1. The zero-order valence-corrected chi connectivity index (χ0v) is 18.4. The first-order valence-corrected chi connectivity index (χ1v) is 10.9. The fourth-order valence-electron chi connectivity index (χ4n) is 4.09. The Labute approximate surface area is 183 Å². The van der Waals surface area contributed by atoms with Crippen molar-refractivity contribution in [2.45, 2.75) is 39.2 Å². The monoisotopic (exact) mass is 419 g/mol. The first-order chi connectivity index (χ1) is 15.1. The highest BCUT2D eigenvalue weighted by Crippen LogP contribution is 2.28. The zero-order valence-electron chi connectivity index (χ0n) is 18.4. The van der Waals surface area contributed by atoms with Crippen molar-refractivity contribution in [1.82, 2.24) is 19.9 Å². The van der Waals surface area contributed by atoms with E-state index >= 15 is 0 Å². The van der Waals surface area contributed by atoms with E-state index in [1.807, 2.05) is 57.3 Å². The summed E-state index contributed by atoms with van der Waals surface area (Å²) in [6.45, 7) is 5.99. The molecule has 1 unspecified atom stereocenters. The van der Waals surface area contributed by atoms with Gasteiger partial charge >= 0.3 is 0 Å². The van der Waals surface area contributed by atoms with E-state index in [1.54, 1.807) is 11.1 Å². The number of amides is 1. The highest BCUT2D eigenvalue weighted by atomic mass is 16.5. The molecule has 3 aromatic rings. The van der Waals surface area contributed by atoms with Gasteiger partial charge in [0.1, 0.15) is 11.8 Å². The number of anilines is 1. The molecule has 7 nitrogen and oxygen atoms in total. The van der Waals surface area contributed by atoms with Gasteiger partial charge in [0, 0.05) is 43.8 Å². The molecule has 7 heteroatoms. The van der Waals surface area contributed by atoms with E-state index in [-0.39, 0.29) is 11.9 Å². The molecule has 4 rings (SSSR count). The van der Waals surface area contributed by atoms with E-state index in [2.05, 4.69) is 9.88 Å². The standard InChI is InChI=1S/C24H29N5O2/c1-4-31-19-10-11-21-20(16-19)17(2)26-24(27-21)29-14-7-9-22(29)23(30)28(3)15-12-18-8-5-6-13-25-18/h5-6,8,10-11,13,16,22H,4,7,9,12,14-15H2,1-3H3. The van der Waals surface area contributed by atoms with E-state index in [4.69, 9.17) is 14.7 Å². The first-order valence-electron chi connectivity index (χ1n) is 10.9. The van der Waals surface area contributed by atoms with E-state index in [1.165, 1.54) is 0 Å². The zero-order chi connectivity index (χ0) is 21.8. The van der Waals surface area contributed by atoms with Crippen LogP contribution in [-0.4, -0.2) is 58.5 Å². The van der Waals surface area contributed by atoms with Gasteiger partial charge in [0.05, 0.1) is 17.8 Å². The number of rotatable bonds is 7. The maximum absolute atomic E-state index is 13.2. The highest BCUT2D eigenvalue weighted by molar-refractivity contribution is 5.87. The number of nitrogens with zero attached hydrogens (tertiary/aromatic N) is 5. The molecule has 31 heavy (non-hydrogen) atoms. The summed E-state index contributed by atoms with van der Waals surface area (Å²) in [6, 6.07) is 11.5. The number of ether oxygens (including phenoxy) is 1. The number of hydrogen-bond acceptors (Lipinski definition) is 6. The maximum atomic E-state index is 13.2. The predicted molar refractivity (Wildman–Crippen MR) is 121 cm³/mol. The van der Waals surface area contributed by atoms with Crippen molar-refractivity contribution in [1.29, 1.82) is 0 Å². The molecular formula is C24H29N5O2. The van der Waals surface area contributed by atoms with Gasteiger partial charge in [-0.3, -0.25) is 9.78 Å². The van der Waals surface area contributed by atoms with Crippen molar-refractivity contribution in [2.75, 3.05) is 31.6 Å². The van der Waals surface area contributed by atoms with Gasteiger partial charge in [0.15, 0.2) is 0 Å². The number of fused-ring (bicyclic) bond motifs is 1. The van der Waals surface area contributed by atoms with Gasteiger partial charge in [0.25, 0.3) is 0 Å². The smallest absolute Gasteiger partial charge is 0.245 e. The Kier molecular flexibility index (Phi) is 6.30. The molecule has 1 aromatic carbocycles. The summed E-state index contributed by atoms with van der Waals surface area (Å²) < 4.78 is 5.61. The Balaban J connectivity index is 1.51. The van der Waals surface area contributed by atoms with Crippen molar-refractivity contribution in [3.63, 3.8) is 0 Å². The average molecular weight is 420 g/mol. The number of pyridine rings is 1. The van der Waals surface area contributed by atoms with Crippen LogP contribution in [0, 0.1) is 6.92 Å². The molecule has 0 spiro atoms. The summed E-state index contributed by atoms with van der Waals surface area (Å²) in [7, 11) is 1.86. The van der Waals surface area contributed by atoms with Crippen molar-refractivity contribution in [3.8, 4) is 5.75 Å². The summed E-state index contributed by atoms with van der Waals surface area (Å²) in [5.41, 5.74) is 2.75. The van der Waals surface area contributed by atoms with Crippen LogP contribution >= 0.6 is 0 Å². The summed E-state index contributed by atoms with van der Waals surface area (Å²) in [4.78, 5) is 31.0. The van der Waals surface area contributed by atoms with Gasteiger partial charge in [-0.25, -0.2) is 9.97 Å². The third kappa shape index (κ3) is 4.60. The summed E-state index contributed by atoms with van der Waals surface area (Å²) >= 11 is 0. The van der Waals surface area contributed by atoms with E-state index in [0.29, 0.717) is 19.1 Å². The first kappa shape index (κ1) is 21.0. The molecule has 0 saturated carbocycles. The fourth-order valence-corrected chi connectivity index (χ4v) is 4.09. The SMILES string of the molecule is CCOc1ccc2nc(N3CCCC3C(=O)N(C)CCc3ccccn3)nc(C)c2c1. The molecule has 1 fully saturated rings. The topological polar surface area (TPSA) is 71.5 Å². The molecule has 0 aliphatic carbocycles. The van der Waals surface area contributed by atoms with Crippen molar-refractivity contribution < 1.29 is 9.53 Å². The minimum atomic E-state index is -0.228. The molecular weight excluding hydrogens is 390 g/mol. The van der Waals surface area contributed by atoms with Crippen LogP contribution in [0.4, 0.5) is 5.95 Å². The van der Waals surface area contributed by atoms with Crippen molar-refractivity contribution in [3.05, 3.63) is 54.0 Å². The number of aryl methyl sites for hydroxylation is 1. The largest absolute Gasteiger partial charge is 0.494 e. The van der Waals surface area contributed by atoms with Gasteiger partial charge in [-0.1, -0.05) is 6.07 Å². The van der Waals surface area contributed by atoms with Crippen LogP contribution < -0.4 is 9.64 Å². The summed E-state index contributed by atoms with van der Waals surface area (Å²) in [5, 5.41) is 0.976. The van der Waals surface area contributed by atoms with E-state index in [0.717, 1.165) is 53.8 Å². The molecule has 0 bridgehead atoms. The molecule has 0 N–H and O–H groups in total. The van der Waals surface area contributed by atoms with Gasteiger partial charge in [-0.2, -0.15) is 0 Å². The van der Waals surface area contributed by atoms with Gasteiger partial charge < -0.3 is 14.5 Å². The van der Waals surface area contributed by atoms with Crippen LogP contribution in [0.25, 0.3) is 10.9 Å². The van der Waals surface area contributed by atoms with Gasteiger partial charge in [-0.15, -0.1) is 0 Å². The molecule has 0 radical (unpaired) electrons. The lowest BCUT2D eigenvalue weighted by molar-refractivity contribution is -0.131. The lowest BCUT2D eigenvalue weighted by atomic mass is 10.1. The third-order valence-corrected chi connectivity index (χ3v) is 5.76. The van der Waals surface area contributed by atoms with Gasteiger partial charge in [0.2, 0.25) is 11.9 Å². The molecule has 162 valence electrons. The molecule has 1 aliphatic heterocycles. The van der Waals surface area contributed by atoms with Crippen LogP contribution in [0.3, 0.4) is 0 Å². The normalized spacial score (nSPS) is 16.0. The Morgan fingerprint density at radius 3 is 2.90 bits per heavy atom. The summed E-state index contributed by atoms with van der Waals surface area (Å²) in [5.74, 6) is 1.56. The average Bonchev–Trinajstić information content (AvgIpc) is 3.28. The second kappa shape index (κ2) is 9.29. The maximum Gasteiger partial charge on any atom is 0.245 e. The predicted octanol–water partition coefficient (Wildman–Crippen LogP) is 3.40. The van der Waals surface area contributed by atoms with Crippen molar-refractivity contribution in [2.24, 2.45) is 0 Å².